The highest BCUT2D eigenvalue weighted by Crippen LogP contribution is 2.52. The number of hydrogen-bond donors (Lipinski definition) is 1. The lowest BCUT2D eigenvalue weighted by molar-refractivity contribution is -0.132. The van der Waals surface area contributed by atoms with E-state index in [1.165, 1.54) is 15.7 Å². The maximum Gasteiger partial charge on any atom is 0.277 e. The minimum Gasteiger partial charge on any atom is -0.359 e. The summed E-state index contributed by atoms with van der Waals surface area (Å²) >= 11 is 1.48. The lowest BCUT2D eigenvalue weighted by atomic mass is 9.70. The Morgan fingerprint density at radius 3 is 2.93 bits per heavy atom. The van der Waals surface area contributed by atoms with Gasteiger partial charge in [-0.2, -0.15) is 4.39 Å². The molecule has 9 heteroatoms. The Labute approximate surface area is 176 Å². The number of amides is 2. The molecule has 0 spiro atoms. The van der Waals surface area contributed by atoms with Crippen LogP contribution in [-0.4, -0.2) is 50.2 Å². The Bertz CT molecular complexity index is 1140. The third-order valence-corrected chi connectivity index (χ3v) is 7.18. The first-order valence-electron chi connectivity index (χ1n) is 10.0. The molecule has 2 aliphatic heterocycles. The fourth-order valence-corrected chi connectivity index (χ4v) is 5.84. The maximum atomic E-state index is 15.1. The molecule has 2 amide bonds. The first kappa shape index (κ1) is 19.2. The van der Waals surface area contributed by atoms with Crippen LogP contribution in [0, 0.1) is 18.3 Å². The second kappa shape index (κ2) is 6.87. The summed E-state index contributed by atoms with van der Waals surface area (Å²) in [6.07, 6.45) is 4.16. The van der Waals surface area contributed by atoms with Crippen molar-refractivity contribution in [3.8, 4) is 0 Å². The summed E-state index contributed by atoms with van der Waals surface area (Å²) in [6.45, 7) is 1.86. The van der Waals surface area contributed by atoms with Gasteiger partial charge < -0.3 is 10.2 Å². The number of aromatic nitrogens is 3. The number of imidazole rings is 1. The smallest absolute Gasteiger partial charge is 0.277 e. The molecule has 2 aliphatic rings. The fourth-order valence-electron chi connectivity index (χ4n) is 5.28. The minimum absolute atomic E-state index is 0.0911. The zero-order chi connectivity index (χ0) is 21.0. The van der Waals surface area contributed by atoms with Gasteiger partial charge in [0, 0.05) is 37.1 Å². The van der Waals surface area contributed by atoms with E-state index in [-0.39, 0.29) is 23.7 Å². The molecule has 0 radical (unpaired) electrons. The van der Waals surface area contributed by atoms with Gasteiger partial charge in [0.2, 0.25) is 11.9 Å². The van der Waals surface area contributed by atoms with Crippen molar-refractivity contribution in [2.24, 2.45) is 5.41 Å². The molecule has 0 aromatic carbocycles. The van der Waals surface area contributed by atoms with Crippen molar-refractivity contribution < 1.29 is 14.0 Å². The average molecular weight is 428 g/mol. The summed E-state index contributed by atoms with van der Waals surface area (Å²) in [5.41, 5.74) is 2.93. The lowest BCUT2D eigenvalue weighted by Gasteiger charge is -2.35. The second-order valence-corrected chi connectivity index (χ2v) is 8.96. The van der Waals surface area contributed by atoms with Crippen LogP contribution in [0.1, 0.15) is 41.0 Å². The number of nitrogens with zero attached hydrogens (tertiary/aromatic N) is 4. The average Bonchev–Trinajstić information content (AvgIpc) is 3.51. The van der Waals surface area contributed by atoms with Crippen LogP contribution < -0.4 is 5.32 Å². The summed E-state index contributed by atoms with van der Waals surface area (Å²) < 4.78 is 16.4. The molecule has 5 heterocycles. The molecule has 3 atom stereocenters. The largest absolute Gasteiger partial charge is 0.359 e. The van der Waals surface area contributed by atoms with E-state index in [0.717, 1.165) is 17.7 Å². The monoisotopic (exact) mass is 427 g/mol. The van der Waals surface area contributed by atoms with E-state index < -0.39 is 17.3 Å². The SMILES string of the molecule is CNC(=O)[C@@]1(Cc2cscn2)C[C@H]2CC[C@@H]1N2C(=O)c1nc2ccc(C)cn2c1F. The van der Waals surface area contributed by atoms with E-state index in [1.807, 2.05) is 18.4 Å². The number of hydrogen-bond acceptors (Lipinski definition) is 5. The van der Waals surface area contributed by atoms with Gasteiger partial charge in [-0.1, -0.05) is 6.07 Å². The molecule has 3 aromatic rings. The van der Waals surface area contributed by atoms with Crippen LogP contribution >= 0.6 is 11.3 Å². The summed E-state index contributed by atoms with van der Waals surface area (Å²) in [6, 6.07) is 3.12. The Hall–Kier alpha value is -2.81. The quantitative estimate of drug-likeness (QED) is 0.694. The van der Waals surface area contributed by atoms with Gasteiger partial charge >= 0.3 is 0 Å². The number of fused-ring (bicyclic) bond motifs is 3. The van der Waals surface area contributed by atoms with Crippen molar-refractivity contribution in [2.75, 3.05) is 7.05 Å². The van der Waals surface area contributed by atoms with Gasteiger partial charge in [0.15, 0.2) is 5.69 Å². The zero-order valence-electron chi connectivity index (χ0n) is 16.8. The van der Waals surface area contributed by atoms with Gasteiger partial charge in [-0.15, -0.1) is 11.3 Å². The topological polar surface area (TPSA) is 79.6 Å². The summed E-state index contributed by atoms with van der Waals surface area (Å²) in [5.74, 6) is -1.19. The van der Waals surface area contributed by atoms with Crippen molar-refractivity contribution in [3.63, 3.8) is 0 Å². The Morgan fingerprint density at radius 2 is 2.20 bits per heavy atom. The van der Waals surface area contributed by atoms with Gasteiger partial charge in [-0.3, -0.25) is 14.0 Å². The molecular formula is C21H22FN5O2S. The summed E-state index contributed by atoms with van der Waals surface area (Å²) in [5, 5.41) is 4.73. The molecule has 30 heavy (non-hydrogen) atoms. The van der Waals surface area contributed by atoms with Crippen molar-refractivity contribution in [2.45, 2.75) is 44.7 Å². The summed E-state index contributed by atoms with van der Waals surface area (Å²) in [7, 11) is 1.62. The molecule has 156 valence electrons. The number of aryl methyl sites for hydroxylation is 1. The normalized spacial score (nSPS) is 25.2. The molecule has 3 aromatic heterocycles. The van der Waals surface area contributed by atoms with Crippen molar-refractivity contribution in [1.82, 2.24) is 24.6 Å². The molecule has 0 unspecified atom stereocenters. The summed E-state index contributed by atoms with van der Waals surface area (Å²) in [4.78, 5) is 36.8. The van der Waals surface area contributed by atoms with Crippen LogP contribution in [0.25, 0.3) is 5.65 Å². The molecule has 0 aliphatic carbocycles. The molecule has 2 bridgehead atoms. The number of carbonyl (C=O) groups excluding carboxylic acids is 2. The van der Waals surface area contributed by atoms with Crippen LogP contribution in [0.15, 0.2) is 29.2 Å². The lowest BCUT2D eigenvalue weighted by Crippen LogP contribution is -2.50. The highest BCUT2D eigenvalue weighted by molar-refractivity contribution is 7.07. The van der Waals surface area contributed by atoms with E-state index in [4.69, 9.17) is 0 Å². The minimum atomic E-state index is -0.756. The van der Waals surface area contributed by atoms with Crippen LogP contribution in [0.4, 0.5) is 4.39 Å². The van der Waals surface area contributed by atoms with Gasteiger partial charge in [-0.25, -0.2) is 9.97 Å². The Balaban J connectivity index is 1.53. The first-order valence-corrected chi connectivity index (χ1v) is 10.9. The predicted octanol–water partition coefficient (Wildman–Crippen LogP) is 2.59. The predicted molar refractivity (Wildman–Crippen MR) is 110 cm³/mol. The van der Waals surface area contributed by atoms with Crippen LogP contribution in [0.2, 0.25) is 0 Å². The first-order chi connectivity index (χ1) is 14.4. The number of rotatable bonds is 4. The highest BCUT2D eigenvalue weighted by atomic mass is 32.1. The zero-order valence-corrected chi connectivity index (χ0v) is 17.6. The Morgan fingerprint density at radius 1 is 1.37 bits per heavy atom. The second-order valence-electron chi connectivity index (χ2n) is 8.24. The van der Waals surface area contributed by atoms with Crippen molar-refractivity contribution >= 4 is 28.8 Å². The van der Waals surface area contributed by atoms with E-state index >= 15 is 4.39 Å². The number of carbonyl (C=O) groups is 2. The third-order valence-electron chi connectivity index (χ3n) is 6.54. The number of nitrogens with one attached hydrogen (secondary N) is 1. The highest BCUT2D eigenvalue weighted by Gasteiger charge is 2.61. The van der Waals surface area contributed by atoms with Crippen molar-refractivity contribution in [3.05, 3.63) is 52.1 Å². The maximum absolute atomic E-state index is 15.1. The van der Waals surface area contributed by atoms with E-state index in [1.54, 1.807) is 29.7 Å². The molecule has 2 fully saturated rings. The van der Waals surface area contributed by atoms with E-state index in [0.29, 0.717) is 24.9 Å². The fraction of sp³-hybridized carbons (Fsp3) is 0.429. The van der Waals surface area contributed by atoms with Gasteiger partial charge in [0.1, 0.15) is 5.65 Å². The van der Waals surface area contributed by atoms with E-state index in [2.05, 4.69) is 15.3 Å². The number of halogens is 1. The van der Waals surface area contributed by atoms with Gasteiger partial charge in [0.25, 0.3) is 5.91 Å². The molecule has 5 rings (SSSR count). The third kappa shape index (κ3) is 2.68. The van der Waals surface area contributed by atoms with Gasteiger partial charge in [-0.05, 0) is 37.8 Å². The standard InChI is InChI=1S/C21H22FN5O2S/c1-12-3-6-16-25-17(18(22)26(16)9-12)19(28)27-14-4-5-15(27)21(8-14,20(29)23-2)7-13-10-30-11-24-13/h3,6,9-11,14-15H,4-5,7-8H2,1-2H3,(H,23,29)/t14-,15+,21+/m1/s1. The van der Waals surface area contributed by atoms with Crippen LogP contribution in [0.3, 0.4) is 0 Å². The Kier molecular flexibility index (Phi) is 4.39. The number of thiazole rings is 1. The van der Waals surface area contributed by atoms with Crippen LogP contribution in [-0.2, 0) is 11.2 Å². The molecule has 7 nitrogen and oxygen atoms in total. The molecule has 0 saturated carbocycles. The van der Waals surface area contributed by atoms with E-state index in [9.17, 15) is 9.59 Å². The number of pyridine rings is 1. The molecule has 2 saturated heterocycles. The van der Waals surface area contributed by atoms with Crippen LogP contribution in [0.5, 0.6) is 0 Å². The molecule has 1 N–H and O–H groups in total. The molecular weight excluding hydrogens is 405 g/mol. The van der Waals surface area contributed by atoms with Gasteiger partial charge in [0.05, 0.1) is 16.6 Å². The van der Waals surface area contributed by atoms with Crippen molar-refractivity contribution in [1.29, 1.82) is 0 Å².